The van der Waals surface area contributed by atoms with Crippen LogP contribution in [-0.4, -0.2) is 41.5 Å². The van der Waals surface area contributed by atoms with Gasteiger partial charge in [0.25, 0.3) is 0 Å². The summed E-state index contributed by atoms with van der Waals surface area (Å²) in [5, 5.41) is 12.0. The van der Waals surface area contributed by atoms with Crippen LogP contribution in [0.25, 0.3) is 10.9 Å². The van der Waals surface area contributed by atoms with Crippen molar-refractivity contribution < 1.29 is 14.1 Å². The number of aromatic amines is 1. The molecule has 3 N–H and O–H groups in total. The number of rotatable bonds is 8. The van der Waals surface area contributed by atoms with Crippen molar-refractivity contribution in [3.05, 3.63) is 87.9 Å². The van der Waals surface area contributed by atoms with Crippen molar-refractivity contribution in [2.24, 2.45) is 10.7 Å². The number of hydrogen-bond donors (Lipinski definition) is 2. The largest absolute Gasteiger partial charge is 0.496 e. The molecule has 0 aliphatic carbocycles. The Labute approximate surface area is 269 Å². The molecule has 1 atom stereocenters. The van der Waals surface area contributed by atoms with E-state index in [0.717, 1.165) is 59.7 Å². The minimum Gasteiger partial charge on any atom is -0.496 e. The lowest BCUT2D eigenvalue weighted by molar-refractivity contribution is 0.112. The molecule has 44 heavy (non-hydrogen) atoms. The number of H-pyrrole nitrogens is 1. The highest BCUT2D eigenvalue weighted by Crippen LogP contribution is 2.30. The van der Waals surface area contributed by atoms with E-state index in [9.17, 15) is 4.79 Å². The zero-order valence-electron chi connectivity index (χ0n) is 28.2. The Morgan fingerprint density at radius 2 is 1.84 bits per heavy atom. The van der Waals surface area contributed by atoms with Crippen molar-refractivity contribution in [2.45, 2.75) is 87.1 Å². The van der Waals surface area contributed by atoms with Gasteiger partial charge in [-0.05, 0) is 74.9 Å². The van der Waals surface area contributed by atoms with Crippen LogP contribution in [0.15, 0.2) is 70.2 Å². The average molecular weight is 626 g/mol. The van der Waals surface area contributed by atoms with E-state index in [1.165, 1.54) is 11.1 Å². The van der Waals surface area contributed by atoms with Crippen LogP contribution in [0.1, 0.15) is 101 Å². The molecule has 0 aliphatic heterocycles. The monoisotopic (exact) mass is 625 g/mol. The van der Waals surface area contributed by atoms with Crippen LogP contribution in [0.5, 0.6) is 5.75 Å². The molecule has 4 rings (SSSR count). The second-order valence-electron chi connectivity index (χ2n) is 9.43. The number of fused-ring (bicyclic) bond motifs is 1. The van der Waals surface area contributed by atoms with Gasteiger partial charge in [0.05, 0.1) is 35.6 Å². The lowest BCUT2D eigenvalue weighted by Crippen LogP contribution is -2.09. The van der Waals surface area contributed by atoms with Crippen molar-refractivity contribution in [3.8, 4) is 5.75 Å². The number of benzene rings is 2. The number of hydrogen-bond acceptors (Lipinski definition) is 7. The number of methoxy groups -OCH3 is 1. The lowest BCUT2D eigenvalue weighted by Gasteiger charge is -2.11. The van der Waals surface area contributed by atoms with Gasteiger partial charge in [-0.15, -0.1) is 0 Å². The number of carbonyl (C=O) groups is 1. The highest BCUT2D eigenvalue weighted by molar-refractivity contribution is 6.36. The summed E-state index contributed by atoms with van der Waals surface area (Å²) in [6.07, 6.45) is 12.0. The lowest BCUT2D eigenvalue weighted by atomic mass is 10.0. The van der Waals surface area contributed by atoms with Crippen molar-refractivity contribution in [3.63, 3.8) is 0 Å². The molecule has 0 amide bonds. The first-order chi connectivity index (χ1) is 21.2. The smallest absolute Gasteiger partial charge is 0.153 e. The van der Waals surface area contributed by atoms with E-state index in [-0.39, 0.29) is 6.04 Å². The Hall–Kier alpha value is -3.75. The second-order valence-corrected chi connectivity index (χ2v) is 9.80. The fourth-order valence-electron chi connectivity index (χ4n) is 3.59. The molecule has 0 radical (unpaired) electrons. The first kappa shape index (κ1) is 40.2. The number of aldehydes is 1. The fraction of sp³-hybridized carbons (Fsp3) is 0.429. The summed E-state index contributed by atoms with van der Waals surface area (Å²) in [4.78, 5) is 14.6. The highest BCUT2D eigenvalue weighted by atomic mass is 35.5. The minimum absolute atomic E-state index is 0.00167. The van der Waals surface area contributed by atoms with Crippen LogP contribution in [0.2, 0.25) is 5.02 Å². The summed E-state index contributed by atoms with van der Waals surface area (Å²) in [5.74, 6) is 0.668. The molecule has 0 spiro atoms. The molecule has 0 saturated carbocycles. The highest BCUT2D eigenvalue weighted by Gasteiger charge is 2.11. The van der Waals surface area contributed by atoms with Gasteiger partial charge in [0.15, 0.2) is 6.29 Å². The van der Waals surface area contributed by atoms with Gasteiger partial charge in [0.1, 0.15) is 12.0 Å². The second kappa shape index (κ2) is 23.7. The zero-order chi connectivity index (χ0) is 33.5. The van der Waals surface area contributed by atoms with Crippen molar-refractivity contribution in [1.82, 2.24) is 15.4 Å². The standard InChI is InChI=1S/C11H14O2.C10H12ClN3.C7H13N.C5H7NO.C2H6/c1-3-4-9-5-6-10(8-12)11(7-9)13-2;1-2-8(12)6-3-4-9-7(10(6)11)5-13-14-9;1-5-6(2)7(3)8-4;1-2-5-3-6-7-4-5;1-2/h5-8H,3-4H2,1-2H3;3-5,8H,2,12H2,1H3,(H,13,14);5H,1-4H3;3-4H,2H2,1H3;1-2H3/b;;6-5-,8-7?;;. The van der Waals surface area contributed by atoms with Crippen LogP contribution in [0.3, 0.4) is 0 Å². The van der Waals surface area contributed by atoms with E-state index in [4.69, 9.17) is 22.1 Å². The maximum Gasteiger partial charge on any atom is 0.153 e. The number of carbonyl (C=O) groups excluding carboxylic acids is 1. The molecule has 1 unspecified atom stereocenters. The fourth-order valence-corrected chi connectivity index (χ4v) is 3.94. The Balaban J connectivity index is 0.000000571. The topological polar surface area (TPSA) is 119 Å². The molecule has 8 nitrogen and oxygen atoms in total. The Morgan fingerprint density at radius 1 is 1.14 bits per heavy atom. The van der Waals surface area contributed by atoms with Gasteiger partial charge in [-0.25, -0.2) is 0 Å². The van der Waals surface area contributed by atoms with Gasteiger partial charge in [-0.2, -0.15) is 5.10 Å². The van der Waals surface area contributed by atoms with Crippen LogP contribution >= 0.6 is 11.6 Å². The number of nitrogens with two attached hydrogens (primary N) is 1. The molecule has 4 aromatic rings. The number of nitrogens with zero attached hydrogens (tertiary/aromatic N) is 3. The van der Waals surface area contributed by atoms with E-state index in [1.807, 2.05) is 65.9 Å². The summed E-state index contributed by atoms with van der Waals surface area (Å²) in [6, 6.07) is 9.61. The Morgan fingerprint density at radius 3 is 2.30 bits per heavy atom. The van der Waals surface area contributed by atoms with E-state index in [1.54, 1.807) is 31.8 Å². The Bertz CT molecular complexity index is 1380. The first-order valence-electron chi connectivity index (χ1n) is 15.1. The molecule has 2 aromatic carbocycles. The molecule has 2 heterocycles. The molecule has 242 valence electrons. The predicted octanol–water partition coefficient (Wildman–Crippen LogP) is 9.39. The molecule has 2 aromatic heterocycles. The molecule has 9 heteroatoms. The van der Waals surface area contributed by atoms with E-state index < -0.39 is 0 Å². The first-order valence-corrected chi connectivity index (χ1v) is 15.5. The van der Waals surface area contributed by atoms with Crippen molar-refractivity contribution in [2.75, 3.05) is 14.2 Å². The molecular weight excluding hydrogens is 574 g/mol. The van der Waals surface area contributed by atoms with Crippen LogP contribution in [-0.2, 0) is 12.8 Å². The van der Waals surface area contributed by atoms with Gasteiger partial charge in [0, 0.05) is 29.8 Å². The minimum atomic E-state index is 0.00167. The van der Waals surface area contributed by atoms with Gasteiger partial charge in [-0.3, -0.25) is 14.9 Å². The maximum absolute atomic E-state index is 10.6. The molecule has 0 aliphatic rings. The number of aryl methyl sites for hydroxylation is 2. The van der Waals surface area contributed by atoms with Crippen molar-refractivity contribution >= 4 is 34.5 Å². The summed E-state index contributed by atoms with van der Waals surface area (Å²) in [5.41, 5.74) is 13.2. The van der Waals surface area contributed by atoms with Crippen LogP contribution in [0.4, 0.5) is 0 Å². The molecule has 0 saturated heterocycles. The van der Waals surface area contributed by atoms with Gasteiger partial charge < -0.3 is 15.0 Å². The number of halogens is 1. The number of nitrogens with one attached hydrogen (secondary N) is 1. The molecule has 0 fully saturated rings. The number of aliphatic imine (C=N–C) groups is 1. The third kappa shape index (κ3) is 13.7. The van der Waals surface area contributed by atoms with Gasteiger partial charge >= 0.3 is 0 Å². The van der Waals surface area contributed by atoms with E-state index in [0.29, 0.717) is 16.3 Å². The summed E-state index contributed by atoms with van der Waals surface area (Å²) in [7, 11) is 3.39. The quantitative estimate of drug-likeness (QED) is 0.149. The summed E-state index contributed by atoms with van der Waals surface area (Å²) < 4.78 is 9.65. The van der Waals surface area contributed by atoms with Gasteiger partial charge in [0.2, 0.25) is 0 Å². The third-order valence-electron chi connectivity index (χ3n) is 6.62. The van der Waals surface area contributed by atoms with Gasteiger partial charge in [-0.1, -0.05) is 76.0 Å². The van der Waals surface area contributed by atoms with E-state index >= 15 is 0 Å². The average Bonchev–Trinajstić information content (AvgIpc) is 3.79. The number of aromatic nitrogens is 3. The number of ether oxygens (including phenoxy) is 1. The predicted molar refractivity (Wildman–Crippen MR) is 186 cm³/mol. The van der Waals surface area contributed by atoms with E-state index in [2.05, 4.69) is 51.7 Å². The van der Waals surface area contributed by atoms with Crippen LogP contribution in [0, 0.1) is 0 Å². The molecule has 0 bridgehead atoms. The normalized spacial score (nSPS) is 11.4. The van der Waals surface area contributed by atoms with Crippen molar-refractivity contribution in [1.29, 1.82) is 0 Å². The van der Waals surface area contributed by atoms with Crippen LogP contribution < -0.4 is 10.5 Å². The summed E-state index contributed by atoms with van der Waals surface area (Å²) in [6.45, 7) is 16.3. The Kier molecular flexibility index (Phi) is 21.7. The SMILES string of the molecule is C/C=C(/C)C(C)=NC.CC.CCC(N)c1ccc2[nH]ncc2c1Cl.CCCc1ccc(C=O)c(OC)c1.CCc1cnoc1. The molecular formula is C35H52ClN5O3. The third-order valence-corrected chi connectivity index (χ3v) is 7.04. The number of allylic oxidation sites excluding steroid dienone is 2. The zero-order valence-corrected chi connectivity index (χ0v) is 29.0. The summed E-state index contributed by atoms with van der Waals surface area (Å²) >= 11 is 6.22. The maximum atomic E-state index is 10.6.